The van der Waals surface area contributed by atoms with Gasteiger partial charge in [0.1, 0.15) is 6.26 Å². The first-order valence-corrected chi connectivity index (χ1v) is 5.89. The Labute approximate surface area is 100 Å². The summed E-state index contributed by atoms with van der Waals surface area (Å²) in [5.41, 5.74) is 0.763. The lowest BCUT2D eigenvalue weighted by Gasteiger charge is -2.17. The summed E-state index contributed by atoms with van der Waals surface area (Å²) in [5.74, 6) is -0.0752. The van der Waals surface area contributed by atoms with Gasteiger partial charge in [0.15, 0.2) is 0 Å². The second-order valence-corrected chi connectivity index (χ2v) is 4.22. The Morgan fingerprint density at radius 2 is 2.47 bits per heavy atom. The van der Waals surface area contributed by atoms with Crippen LogP contribution in [0.2, 0.25) is 0 Å². The zero-order valence-electron chi connectivity index (χ0n) is 10.0. The van der Waals surface area contributed by atoms with Crippen molar-refractivity contribution in [3.8, 4) is 0 Å². The van der Waals surface area contributed by atoms with Gasteiger partial charge < -0.3 is 9.73 Å². The van der Waals surface area contributed by atoms with E-state index in [2.05, 4.69) is 20.5 Å². The van der Waals surface area contributed by atoms with Crippen molar-refractivity contribution in [3.63, 3.8) is 0 Å². The average Bonchev–Trinajstić information content (AvgIpc) is 2.53. The van der Waals surface area contributed by atoms with Gasteiger partial charge >= 0.3 is 6.01 Å². The predicted octanol–water partition coefficient (Wildman–Crippen LogP) is 0.217. The first-order valence-electron chi connectivity index (χ1n) is 5.89. The second-order valence-electron chi connectivity index (χ2n) is 4.22. The molecular formula is C11H18N4O2. The van der Waals surface area contributed by atoms with Gasteiger partial charge in [-0.3, -0.25) is 15.0 Å². The normalized spacial score (nSPS) is 17.7. The molecule has 0 aromatic carbocycles. The number of carbonyl (C=O) groups is 1. The second kappa shape index (κ2) is 5.79. The quantitative estimate of drug-likeness (QED) is 0.788. The van der Waals surface area contributed by atoms with Crippen LogP contribution in [-0.2, 0) is 4.79 Å². The summed E-state index contributed by atoms with van der Waals surface area (Å²) in [6.07, 6.45) is 2.59. The molecule has 0 radical (unpaired) electrons. The number of hydrogen-bond acceptors (Lipinski definition) is 5. The van der Waals surface area contributed by atoms with Crippen LogP contribution in [0, 0.1) is 6.92 Å². The van der Waals surface area contributed by atoms with Crippen molar-refractivity contribution in [2.75, 3.05) is 38.0 Å². The highest BCUT2D eigenvalue weighted by molar-refractivity contribution is 5.90. The molecule has 2 rings (SSSR count). The molecule has 6 heteroatoms. The molecule has 0 aliphatic carbocycles. The van der Waals surface area contributed by atoms with Gasteiger partial charge in [0.25, 0.3) is 0 Å². The summed E-state index contributed by atoms with van der Waals surface area (Å²) in [6, 6.07) is 0.278. The minimum absolute atomic E-state index is 0.0752. The van der Waals surface area contributed by atoms with Gasteiger partial charge in [0.05, 0.1) is 12.2 Å². The number of carbonyl (C=O) groups excluding carboxylic acids is 1. The number of nitrogens with one attached hydrogen (secondary N) is 2. The molecule has 1 fully saturated rings. The molecule has 2 N–H and O–H groups in total. The van der Waals surface area contributed by atoms with E-state index in [-0.39, 0.29) is 11.9 Å². The fourth-order valence-electron chi connectivity index (χ4n) is 1.83. The first-order chi connectivity index (χ1) is 8.24. The topological polar surface area (TPSA) is 70.4 Å². The van der Waals surface area contributed by atoms with Crippen LogP contribution >= 0.6 is 0 Å². The minimum Gasteiger partial charge on any atom is -0.432 e. The van der Waals surface area contributed by atoms with Crippen molar-refractivity contribution in [1.82, 2.24) is 15.2 Å². The Kier molecular flexibility index (Phi) is 4.11. The van der Waals surface area contributed by atoms with Crippen molar-refractivity contribution >= 4 is 11.9 Å². The van der Waals surface area contributed by atoms with Crippen molar-refractivity contribution in [1.29, 1.82) is 0 Å². The Morgan fingerprint density at radius 3 is 3.24 bits per heavy atom. The van der Waals surface area contributed by atoms with E-state index >= 15 is 0 Å². The monoisotopic (exact) mass is 238 g/mol. The molecular weight excluding hydrogens is 220 g/mol. The lowest BCUT2D eigenvalue weighted by atomic mass is 10.4. The van der Waals surface area contributed by atoms with E-state index in [1.54, 1.807) is 0 Å². The van der Waals surface area contributed by atoms with Crippen LogP contribution in [0.4, 0.5) is 6.01 Å². The molecule has 1 amide bonds. The summed E-state index contributed by atoms with van der Waals surface area (Å²) < 4.78 is 5.07. The van der Waals surface area contributed by atoms with Gasteiger partial charge in [-0.25, -0.2) is 0 Å². The Morgan fingerprint density at radius 1 is 1.59 bits per heavy atom. The molecule has 2 heterocycles. The van der Waals surface area contributed by atoms with Crippen molar-refractivity contribution in [3.05, 3.63) is 12.0 Å². The summed E-state index contributed by atoms with van der Waals surface area (Å²) in [7, 11) is 0. The maximum atomic E-state index is 11.7. The zero-order chi connectivity index (χ0) is 12.1. The first kappa shape index (κ1) is 12.1. The SMILES string of the molecule is Cc1coc(NC(=O)CN2CCCNCC2)n1. The van der Waals surface area contributed by atoms with Crippen molar-refractivity contribution in [2.45, 2.75) is 13.3 Å². The van der Waals surface area contributed by atoms with Gasteiger partial charge in [-0.1, -0.05) is 0 Å². The van der Waals surface area contributed by atoms with E-state index in [0.717, 1.165) is 38.3 Å². The number of nitrogens with zero attached hydrogens (tertiary/aromatic N) is 2. The largest absolute Gasteiger partial charge is 0.432 e. The van der Waals surface area contributed by atoms with E-state index in [1.807, 2.05) is 6.92 Å². The number of anilines is 1. The molecule has 0 saturated carbocycles. The van der Waals surface area contributed by atoms with E-state index in [0.29, 0.717) is 6.54 Å². The highest BCUT2D eigenvalue weighted by atomic mass is 16.4. The number of rotatable bonds is 3. The number of amides is 1. The van der Waals surface area contributed by atoms with Crippen LogP contribution in [-0.4, -0.2) is 48.5 Å². The summed E-state index contributed by atoms with van der Waals surface area (Å²) >= 11 is 0. The standard InChI is InChI=1S/C11H18N4O2/c1-9-8-17-11(13-9)14-10(16)7-15-5-2-3-12-4-6-15/h8,12H,2-7H2,1H3,(H,13,14,16). The van der Waals surface area contributed by atoms with Crippen LogP contribution in [0.1, 0.15) is 12.1 Å². The number of oxazole rings is 1. The fraction of sp³-hybridized carbons (Fsp3) is 0.636. The molecule has 1 aliphatic rings. The summed E-state index contributed by atoms with van der Waals surface area (Å²) in [6.45, 7) is 6.02. The Hall–Kier alpha value is -1.40. The molecule has 6 nitrogen and oxygen atoms in total. The van der Waals surface area contributed by atoms with E-state index in [4.69, 9.17) is 4.42 Å². The van der Waals surface area contributed by atoms with E-state index < -0.39 is 0 Å². The van der Waals surface area contributed by atoms with Crippen LogP contribution in [0.25, 0.3) is 0 Å². The summed E-state index contributed by atoms with van der Waals surface area (Å²) in [5, 5.41) is 5.95. The molecule has 1 aromatic rings. The van der Waals surface area contributed by atoms with Gasteiger partial charge in [0.2, 0.25) is 5.91 Å². The van der Waals surface area contributed by atoms with Gasteiger partial charge in [-0.2, -0.15) is 4.98 Å². The lowest BCUT2D eigenvalue weighted by Crippen LogP contribution is -2.35. The van der Waals surface area contributed by atoms with Gasteiger partial charge in [0, 0.05) is 13.1 Å². The molecule has 1 aliphatic heterocycles. The molecule has 94 valence electrons. The molecule has 0 atom stereocenters. The van der Waals surface area contributed by atoms with Crippen molar-refractivity contribution in [2.24, 2.45) is 0 Å². The predicted molar refractivity (Wildman–Crippen MR) is 63.8 cm³/mol. The third-order valence-electron chi connectivity index (χ3n) is 2.67. The highest BCUT2D eigenvalue weighted by Crippen LogP contribution is 2.06. The third kappa shape index (κ3) is 3.83. The average molecular weight is 238 g/mol. The van der Waals surface area contributed by atoms with Gasteiger partial charge in [-0.05, 0) is 26.4 Å². The zero-order valence-corrected chi connectivity index (χ0v) is 10.0. The number of aryl methyl sites for hydroxylation is 1. The third-order valence-corrected chi connectivity index (χ3v) is 2.67. The molecule has 0 bridgehead atoms. The van der Waals surface area contributed by atoms with E-state index in [9.17, 15) is 4.79 Å². The molecule has 1 aromatic heterocycles. The smallest absolute Gasteiger partial charge is 0.301 e. The van der Waals surface area contributed by atoms with Crippen LogP contribution in [0.15, 0.2) is 10.7 Å². The molecule has 1 saturated heterocycles. The maximum absolute atomic E-state index is 11.7. The van der Waals surface area contributed by atoms with Crippen LogP contribution < -0.4 is 10.6 Å². The molecule has 17 heavy (non-hydrogen) atoms. The van der Waals surface area contributed by atoms with Crippen molar-refractivity contribution < 1.29 is 9.21 Å². The lowest BCUT2D eigenvalue weighted by molar-refractivity contribution is -0.117. The van der Waals surface area contributed by atoms with Gasteiger partial charge in [-0.15, -0.1) is 0 Å². The van der Waals surface area contributed by atoms with Crippen LogP contribution in [0.3, 0.4) is 0 Å². The molecule has 0 spiro atoms. The van der Waals surface area contributed by atoms with Crippen LogP contribution in [0.5, 0.6) is 0 Å². The molecule has 0 unspecified atom stereocenters. The number of aromatic nitrogens is 1. The highest BCUT2D eigenvalue weighted by Gasteiger charge is 2.14. The van der Waals surface area contributed by atoms with E-state index in [1.165, 1.54) is 6.26 Å². The Bertz CT molecular complexity index is 369. The summed E-state index contributed by atoms with van der Waals surface area (Å²) in [4.78, 5) is 17.9. The number of hydrogen-bond donors (Lipinski definition) is 2. The Balaban J connectivity index is 1.80. The fourth-order valence-corrected chi connectivity index (χ4v) is 1.83. The minimum atomic E-state index is -0.0752. The maximum Gasteiger partial charge on any atom is 0.301 e.